The maximum atomic E-state index is 11.2. The number of ether oxygens (including phenoxy) is 1. The van der Waals surface area contributed by atoms with Crippen LogP contribution in [-0.4, -0.2) is 36.1 Å². The van der Waals surface area contributed by atoms with E-state index in [0.29, 0.717) is 31.3 Å². The highest BCUT2D eigenvalue weighted by Crippen LogP contribution is 2.07. The molecule has 0 atom stereocenters. The summed E-state index contributed by atoms with van der Waals surface area (Å²) < 4.78 is 4.86. The number of hydrogen-bond donors (Lipinski definition) is 0. The zero-order chi connectivity index (χ0) is 12.7. The van der Waals surface area contributed by atoms with Crippen molar-refractivity contribution in [2.24, 2.45) is 0 Å². The second kappa shape index (κ2) is 7.25. The smallest absolute Gasteiger partial charge is 0.307 e. The number of pyridine rings is 1. The molecule has 0 bridgehead atoms. The Labute approximate surface area is 107 Å². The summed E-state index contributed by atoms with van der Waals surface area (Å²) in [6.45, 7) is 3.54. The van der Waals surface area contributed by atoms with Gasteiger partial charge in [-0.15, -0.1) is 0 Å². The minimum absolute atomic E-state index is 0.168. The highest BCUT2D eigenvalue weighted by molar-refractivity contribution is 6.29. The van der Waals surface area contributed by atoms with Crippen molar-refractivity contribution < 1.29 is 9.53 Å². The Bertz CT molecular complexity index is 371. The molecule has 17 heavy (non-hydrogen) atoms. The maximum Gasteiger partial charge on any atom is 0.307 e. The summed E-state index contributed by atoms with van der Waals surface area (Å²) >= 11 is 5.79. The van der Waals surface area contributed by atoms with Crippen LogP contribution in [0.5, 0.6) is 0 Å². The molecule has 1 aromatic rings. The van der Waals surface area contributed by atoms with Crippen molar-refractivity contribution in [3.05, 3.63) is 29.0 Å². The number of rotatable bonds is 6. The van der Waals surface area contributed by atoms with E-state index in [2.05, 4.69) is 4.98 Å². The van der Waals surface area contributed by atoms with Gasteiger partial charge in [0.2, 0.25) is 0 Å². The van der Waals surface area contributed by atoms with E-state index in [1.165, 1.54) is 0 Å². The van der Waals surface area contributed by atoms with Gasteiger partial charge in [-0.2, -0.15) is 0 Å². The van der Waals surface area contributed by atoms with Crippen LogP contribution in [0.1, 0.15) is 19.0 Å². The molecule has 1 aromatic heterocycles. The van der Waals surface area contributed by atoms with Crippen molar-refractivity contribution in [1.82, 2.24) is 9.88 Å². The fourth-order valence-electron chi connectivity index (χ4n) is 1.41. The van der Waals surface area contributed by atoms with Crippen LogP contribution in [0.15, 0.2) is 18.2 Å². The van der Waals surface area contributed by atoms with Crippen molar-refractivity contribution in [2.75, 3.05) is 20.2 Å². The number of esters is 1. The SMILES string of the molecule is CCOC(=O)CCN(C)Cc1cccc(Cl)n1. The molecule has 0 saturated carbocycles. The van der Waals surface area contributed by atoms with Gasteiger partial charge in [-0.1, -0.05) is 17.7 Å². The molecule has 0 unspecified atom stereocenters. The normalized spacial score (nSPS) is 10.6. The minimum Gasteiger partial charge on any atom is -0.466 e. The average molecular weight is 257 g/mol. The standard InChI is InChI=1S/C12H17ClN2O2/c1-3-17-12(16)7-8-15(2)9-10-5-4-6-11(13)14-10/h4-6H,3,7-9H2,1-2H3. The summed E-state index contributed by atoms with van der Waals surface area (Å²) in [5.41, 5.74) is 0.892. The molecule has 0 aromatic carbocycles. The lowest BCUT2D eigenvalue weighted by molar-refractivity contribution is -0.143. The first kappa shape index (κ1) is 13.9. The van der Waals surface area contributed by atoms with E-state index < -0.39 is 0 Å². The zero-order valence-electron chi connectivity index (χ0n) is 10.1. The molecule has 4 nitrogen and oxygen atoms in total. The molecule has 0 aliphatic rings. The highest BCUT2D eigenvalue weighted by Gasteiger charge is 2.06. The molecule has 0 spiro atoms. The van der Waals surface area contributed by atoms with Gasteiger partial charge in [0.1, 0.15) is 5.15 Å². The molecule has 0 aliphatic carbocycles. The van der Waals surface area contributed by atoms with Crippen LogP contribution in [-0.2, 0) is 16.1 Å². The summed E-state index contributed by atoms with van der Waals surface area (Å²) in [6, 6.07) is 5.51. The highest BCUT2D eigenvalue weighted by atomic mass is 35.5. The number of carbonyl (C=O) groups excluding carboxylic acids is 1. The van der Waals surface area contributed by atoms with Crippen molar-refractivity contribution >= 4 is 17.6 Å². The number of aromatic nitrogens is 1. The molecular weight excluding hydrogens is 240 g/mol. The van der Waals surface area contributed by atoms with Crippen LogP contribution in [0.4, 0.5) is 0 Å². The first-order chi connectivity index (χ1) is 8.11. The molecule has 1 rings (SSSR count). The molecule has 0 fully saturated rings. The number of hydrogen-bond acceptors (Lipinski definition) is 4. The summed E-state index contributed by atoms with van der Waals surface area (Å²) in [4.78, 5) is 17.4. The summed E-state index contributed by atoms with van der Waals surface area (Å²) in [5.74, 6) is -0.168. The molecule has 1 heterocycles. The van der Waals surface area contributed by atoms with Crippen LogP contribution >= 0.6 is 11.6 Å². The van der Waals surface area contributed by atoms with Crippen molar-refractivity contribution in [2.45, 2.75) is 19.9 Å². The summed E-state index contributed by atoms with van der Waals surface area (Å²) in [5, 5.41) is 0.487. The molecule has 0 radical (unpaired) electrons. The van der Waals surface area contributed by atoms with Gasteiger partial charge in [0, 0.05) is 13.1 Å². The first-order valence-corrected chi connectivity index (χ1v) is 5.95. The van der Waals surface area contributed by atoms with Crippen molar-refractivity contribution in [3.63, 3.8) is 0 Å². The average Bonchev–Trinajstić information content (AvgIpc) is 2.27. The van der Waals surface area contributed by atoms with Crippen LogP contribution in [0.2, 0.25) is 5.15 Å². The fraction of sp³-hybridized carbons (Fsp3) is 0.500. The van der Waals surface area contributed by atoms with E-state index in [1.807, 2.05) is 24.1 Å². The quantitative estimate of drug-likeness (QED) is 0.578. The van der Waals surface area contributed by atoms with E-state index in [4.69, 9.17) is 16.3 Å². The van der Waals surface area contributed by atoms with Gasteiger partial charge in [0.25, 0.3) is 0 Å². The van der Waals surface area contributed by atoms with Gasteiger partial charge < -0.3 is 4.74 Å². The number of nitrogens with zero attached hydrogens (tertiary/aromatic N) is 2. The largest absolute Gasteiger partial charge is 0.466 e. The van der Waals surface area contributed by atoms with E-state index in [-0.39, 0.29) is 5.97 Å². The number of carbonyl (C=O) groups is 1. The van der Waals surface area contributed by atoms with Crippen LogP contribution < -0.4 is 0 Å². The fourth-order valence-corrected chi connectivity index (χ4v) is 1.59. The second-order valence-electron chi connectivity index (χ2n) is 3.74. The van der Waals surface area contributed by atoms with Crippen LogP contribution in [0, 0.1) is 0 Å². The third-order valence-corrected chi connectivity index (χ3v) is 2.42. The number of halogens is 1. The van der Waals surface area contributed by atoms with Gasteiger partial charge in [-0.25, -0.2) is 4.98 Å². The van der Waals surface area contributed by atoms with Gasteiger partial charge in [0.15, 0.2) is 0 Å². The Morgan fingerprint density at radius 2 is 2.29 bits per heavy atom. The third-order valence-electron chi connectivity index (χ3n) is 2.21. The van der Waals surface area contributed by atoms with Crippen molar-refractivity contribution in [1.29, 1.82) is 0 Å². The Kier molecular flexibility index (Phi) is 5.94. The van der Waals surface area contributed by atoms with Gasteiger partial charge in [-0.05, 0) is 26.1 Å². The lowest BCUT2D eigenvalue weighted by Crippen LogP contribution is -2.22. The van der Waals surface area contributed by atoms with E-state index in [0.717, 1.165) is 5.69 Å². The van der Waals surface area contributed by atoms with Gasteiger partial charge in [-0.3, -0.25) is 9.69 Å². The third kappa shape index (κ3) is 5.65. The Hall–Kier alpha value is -1.13. The maximum absolute atomic E-state index is 11.2. The monoisotopic (exact) mass is 256 g/mol. The zero-order valence-corrected chi connectivity index (χ0v) is 10.9. The molecular formula is C12H17ClN2O2. The summed E-state index contributed by atoms with van der Waals surface area (Å²) in [6.07, 6.45) is 0.394. The first-order valence-electron chi connectivity index (χ1n) is 5.57. The molecule has 0 saturated heterocycles. The molecule has 0 amide bonds. The topological polar surface area (TPSA) is 42.4 Å². The predicted molar refractivity (Wildman–Crippen MR) is 66.8 cm³/mol. The molecule has 0 N–H and O–H groups in total. The van der Waals surface area contributed by atoms with Crippen molar-refractivity contribution in [3.8, 4) is 0 Å². The lowest BCUT2D eigenvalue weighted by atomic mass is 10.3. The Morgan fingerprint density at radius 3 is 2.94 bits per heavy atom. The van der Waals surface area contributed by atoms with Crippen LogP contribution in [0.3, 0.4) is 0 Å². The van der Waals surface area contributed by atoms with E-state index >= 15 is 0 Å². The van der Waals surface area contributed by atoms with Gasteiger partial charge in [0.05, 0.1) is 18.7 Å². The molecule has 94 valence electrons. The summed E-state index contributed by atoms with van der Waals surface area (Å²) in [7, 11) is 1.93. The Balaban J connectivity index is 2.34. The van der Waals surface area contributed by atoms with E-state index in [1.54, 1.807) is 13.0 Å². The van der Waals surface area contributed by atoms with E-state index in [9.17, 15) is 4.79 Å². The Morgan fingerprint density at radius 1 is 1.53 bits per heavy atom. The lowest BCUT2D eigenvalue weighted by Gasteiger charge is -2.15. The molecule has 5 heteroatoms. The minimum atomic E-state index is -0.168. The van der Waals surface area contributed by atoms with Gasteiger partial charge >= 0.3 is 5.97 Å². The second-order valence-corrected chi connectivity index (χ2v) is 4.13. The predicted octanol–water partition coefficient (Wildman–Crippen LogP) is 2.12. The van der Waals surface area contributed by atoms with Crippen LogP contribution in [0.25, 0.3) is 0 Å². The molecule has 0 aliphatic heterocycles.